The van der Waals surface area contributed by atoms with Gasteiger partial charge in [-0.3, -0.25) is 4.79 Å². The van der Waals surface area contributed by atoms with Gasteiger partial charge in [0.1, 0.15) is 5.69 Å². The number of halogens is 1. The average Bonchev–Trinajstić information content (AvgIpc) is 2.70. The molecule has 17 heavy (non-hydrogen) atoms. The largest absolute Gasteiger partial charge is 0.505 e. The normalized spacial score (nSPS) is 10.2. The Labute approximate surface area is 96.5 Å². The molecule has 0 bridgehead atoms. The number of hydrogen-bond acceptors (Lipinski definition) is 3. The van der Waals surface area contributed by atoms with Gasteiger partial charge in [0.2, 0.25) is 0 Å². The van der Waals surface area contributed by atoms with Crippen LogP contribution in [0.5, 0.6) is 5.75 Å². The van der Waals surface area contributed by atoms with E-state index in [9.17, 15) is 9.18 Å². The number of aromatic hydroxyl groups is 1. The molecule has 5 nitrogen and oxygen atoms in total. The number of amides is 1. The Morgan fingerprint density at radius 1 is 1.53 bits per heavy atom. The number of carbonyl (C=O) groups excluding carboxylic acids is 1. The second kappa shape index (κ2) is 4.25. The van der Waals surface area contributed by atoms with Crippen molar-refractivity contribution in [1.82, 2.24) is 9.55 Å². The van der Waals surface area contributed by atoms with Crippen molar-refractivity contribution in [3.63, 3.8) is 0 Å². The van der Waals surface area contributed by atoms with E-state index in [1.165, 1.54) is 24.7 Å². The molecule has 1 amide bonds. The monoisotopic (exact) mass is 235 g/mol. The molecule has 0 atom stereocenters. The molecule has 1 aromatic carbocycles. The first kappa shape index (κ1) is 11.1. The number of phenolic OH excluding ortho intramolecular Hbond substituents is 1. The number of phenols is 1. The molecule has 0 fully saturated rings. The van der Waals surface area contributed by atoms with Gasteiger partial charge in [0.05, 0.1) is 12.5 Å². The van der Waals surface area contributed by atoms with E-state index in [0.29, 0.717) is 5.69 Å². The number of imidazole rings is 1. The lowest BCUT2D eigenvalue weighted by atomic mass is 10.3. The molecule has 6 heteroatoms. The van der Waals surface area contributed by atoms with Crippen LogP contribution in [0.15, 0.2) is 30.7 Å². The van der Waals surface area contributed by atoms with Crippen molar-refractivity contribution in [3.05, 3.63) is 42.2 Å². The number of aryl methyl sites for hydroxylation is 1. The van der Waals surface area contributed by atoms with Crippen LogP contribution in [0, 0.1) is 5.82 Å². The first-order chi connectivity index (χ1) is 8.08. The Bertz CT molecular complexity index is 566. The maximum absolute atomic E-state index is 13.0. The van der Waals surface area contributed by atoms with E-state index in [1.807, 2.05) is 0 Å². The van der Waals surface area contributed by atoms with Gasteiger partial charge < -0.3 is 15.0 Å². The molecule has 2 aromatic rings. The third kappa shape index (κ3) is 2.25. The van der Waals surface area contributed by atoms with Crippen LogP contribution >= 0.6 is 0 Å². The maximum Gasteiger partial charge on any atom is 0.273 e. The van der Waals surface area contributed by atoms with E-state index in [0.717, 1.165) is 6.07 Å². The number of anilines is 1. The fourth-order valence-corrected chi connectivity index (χ4v) is 1.36. The summed E-state index contributed by atoms with van der Waals surface area (Å²) in [5, 5.41) is 11.5. The third-order valence-corrected chi connectivity index (χ3v) is 2.25. The van der Waals surface area contributed by atoms with Crippen LogP contribution in [0.1, 0.15) is 10.5 Å². The lowest BCUT2D eigenvalue weighted by Crippen LogP contribution is -2.15. The molecule has 88 valence electrons. The number of nitrogens with one attached hydrogen (secondary N) is 1. The molecule has 0 radical (unpaired) electrons. The zero-order valence-corrected chi connectivity index (χ0v) is 9.01. The lowest BCUT2D eigenvalue weighted by Gasteiger charge is -2.05. The van der Waals surface area contributed by atoms with Gasteiger partial charge in [0, 0.05) is 18.8 Å². The van der Waals surface area contributed by atoms with Gasteiger partial charge in [0.15, 0.2) is 11.6 Å². The number of carbonyl (C=O) groups is 1. The highest BCUT2D eigenvalue weighted by Crippen LogP contribution is 2.19. The van der Waals surface area contributed by atoms with Crippen molar-refractivity contribution in [3.8, 4) is 5.75 Å². The molecular weight excluding hydrogens is 225 g/mol. The van der Waals surface area contributed by atoms with Crippen molar-refractivity contribution >= 4 is 11.6 Å². The van der Waals surface area contributed by atoms with Gasteiger partial charge in [-0.25, -0.2) is 9.37 Å². The van der Waals surface area contributed by atoms with Gasteiger partial charge in [-0.05, 0) is 12.1 Å². The van der Waals surface area contributed by atoms with Crippen LogP contribution in [0.3, 0.4) is 0 Å². The van der Waals surface area contributed by atoms with Crippen molar-refractivity contribution in [2.45, 2.75) is 0 Å². The number of nitrogens with zero attached hydrogens (tertiary/aromatic N) is 2. The van der Waals surface area contributed by atoms with Gasteiger partial charge in [-0.15, -0.1) is 0 Å². The summed E-state index contributed by atoms with van der Waals surface area (Å²) in [4.78, 5) is 15.5. The SMILES string of the molecule is Cn1cncc1C(=O)Nc1ccc(O)c(F)c1. The van der Waals surface area contributed by atoms with Crippen LogP contribution in [0.25, 0.3) is 0 Å². The molecule has 0 saturated carbocycles. The van der Waals surface area contributed by atoms with Crippen LogP contribution in [0.2, 0.25) is 0 Å². The predicted molar refractivity (Wildman–Crippen MR) is 59.2 cm³/mol. The second-order valence-electron chi connectivity index (χ2n) is 3.51. The zero-order chi connectivity index (χ0) is 12.4. The van der Waals surface area contributed by atoms with E-state index >= 15 is 0 Å². The summed E-state index contributed by atoms with van der Waals surface area (Å²) in [6.45, 7) is 0. The Balaban J connectivity index is 2.19. The van der Waals surface area contributed by atoms with E-state index in [-0.39, 0.29) is 5.69 Å². The zero-order valence-electron chi connectivity index (χ0n) is 9.01. The van der Waals surface area contributed by atoms with Crippen molar-refractivity contribution in [1.29, 1.82) is 0 Å². The Morgan fingerprint density at radius 3 is 2.88 bits per heavy atom. The predicted octanol–water partition coefficient (Wildman–Crippen LogP) is 1.52. The highest BCUT2D eigenvalue weighted by atomic mass is 19.1. The fourth-order valence-electron chi connectivity index (χ4n) is 1.36. The Morgan fingerprint density at radius 2 is 2.29 bits per heavy atom. The molecule has 1 aromatic heterocycles. The first-order valence-corrected chi connectivity index (χ1v) is 4.84. The van der Waals surface area contributed by atoms with Crippen molar-refractivity contribution in [2.24, 2.45) is 7.05 Å². The summed E-state index contributed by atoms with van der Waals surface area (Å²) in [6, 6.07) is 3.63. The molecule has 0 aliphatic heterocycles. The van der Waals surface area contributed by atoms with E-state index in [4.69, 9.17) is 5.11 Å². The van der Waals surface area contributed by atoms with Crippen LogP contribution in [-0.2, 0) is 7.05 Å². The van der Waals surface area contributed by atoms with E-state index in [2.05, 4.69) is 10.3 Å². The molecule has 0 saturated heterocycles. The van der Waals surface area contributed by atoms with Gasteiger partial charge >= 0.3 is 0 Å². The summed E-state index contributed by atoms with van der Waals surface area (Å²) >= 11 is 0. The molecule has 0 spiro atoms. The van der Waals surface area contributed by atoms with Crippen LogP contribution < -0.4 is 5.32 Å². The Hall–Kier alpha value is -2.37. The first-order valence-electron chi connectivity index (χ1n) is 4.84. The van der Waals surface area contributed by atoms with Crippen LogP contribution in [-0.4, -0.2) is 20.6 Å². The topological polar surface area (TPSA) is 67.2 Å². The second-order valence-corrected chi connectivity index (χ2v) is 3.51. The molecule has 0 unspecified atom stereocenters. The smallest absolute Gasteiger partial charge is 0.273 e. The number of benzene rings is 1. The number of aromatic nitrogens is 2. The van der Waals surface area contributed by atoms with Gasteiger partial charge in [0.25, 0.3) is 5.91 Å². The minimum absolute atomic E-state index is 0.270. The summed E-state index contributed by atoms with van der Waals surface area (Å²) in [7, 11) is 1.68. The summed E-state index contributed by atoms with van der Waals surface area (Å²) in [6.07, 6.45) is 2.90. The highest BCUT2D eigenvalue weighted by Gasteiger charge is 2.10. The molecular formula is C11H10FN3O2. The Kier molecular flexibility index (Phi) is 2.78. The highest BCUT2D eigenvalue weighted by molar-refractivity contribution is 6.02. The van der Waals surface area contributed by atoms with E-state index in [1.54, 1.807) is 11.6 Å². The van der Waals surface area contributed by atoms with E-state index < -0.39 is 17.5 Å². The molecule has 2 rings (SSSR count). The fraction of sp³-hybridized carbons (Fsp3) is 0.0909. The number of hydrogen-bond donors (Lipinski definition) is 2. The minimum Gasteiger partial charge on any atom is -0.505 e. The average molecular weight is 235 g/mol. The third-order valence-electron chi connectivity index (χ3n) is 2.25. The summed E-state index contributed by atoms with van der Waals surface area (Å²) in [5.41, 5.74) is 0.630. The van der Waals surface area contributed by atoms with Crippen molar-refractivity contribution in [2.75, 3.05) is 5.32 Å². The summed E-state index contributed by atoms with van der Waals surface area (Å²) < 4.78 is 14.6. The molecule has 0 aliphatic carbocycles. The lowest BCUT2D eigenvalue weighted by molar-refractivity contribution is 0.101. The van der Waals surface area contributed by atoms with Gasteiger partial charge in [-0.2, -0.15) is 0 Å². The quantitative estimate of drug-likeness (QED) is 0.775. The molecule has 2 N–H and O–H groups in total. The van der Waals surface area contributed by atoms with Gasteiger partial charge in [-0.1, -0.05) is 0 Å². The number of rotatable bonds is 2. The standard InChI is InChI=1S/C11H10FN3O2/c1-15-6-13-5-9(15)11(17)14-7-2-3-10(16)8(12)4-7/h2-6,16H,1H3,(H,14,17). The maximum atomic E-state index is 13.0. The van der Waals surface area contributed by atoms with Crippen molar-refractivity contribution < 1.29 is 14.3 Å². The minimum atomic E-state index is -0.784. The molecule has 1 heterocycles. The summed E-state index contributed by atoms with van der Waals surface area (Å²) in [5.74, 6) is -1.63. The van der Waals surface area contributed by atoms with Crippen LogP contribution in [0.4, 0.5) is 10.1 Å². The molecule has 0 aliphatic rings.